The van der Waals surface area contributed by atoms with E-state index in [1.54, 1.807) is 6.20 Å². The molecule has 0 bridgehead atoms. The van der Waals surface area contributed by atoms with Crippen molar-refractivity contribution in [3.8, 4) is 11.3 Å². The van der Waals surface area contributed by atoms with Crippen molar-refractivity contribution < 1.29 is 0 Å². The zero-order valence-corrected chi connectivity index (χ0v) is 11.2. The molecular formula is C13H13N5S. The molecule has 0 saturated heterocycles. The summed E-state index contributed by atoms with van der Waals surface area (Å²) < 4.78 is 4.13. The van der Waals surface area contributed by atoms with Gasteiger partial charge >= 0.3 is 0 Å². The summed E-state index contributed by atoms with van der Waals surface area (Å²) >= 11 is 1.38. The molecule has 96 valence electrons. The molecule has 0 atom stereocenters. The van der Waals surface area contributed by atoms with E-state index < -0.39 is 0 Å². The van der Waals surface area contributed by atoms with Crippen molar-refractivity contribution in [2.45, 2.75) is 13.5 Å². The second kappa shape index (κ2) is 5.19. The van der Waals surface area contributed by atoms with Gasteiger partial charge in [0.05, 0.1) is 5.69 Å². The minimum Gasteiger partial charge on any atom is -0.356 e. The molecule has 2 N–H and O–H groups in total. The van der Waals surface area contributed by atoms with E-state index in [1.807, 2.05) is 13.0 Å². The van der Waals surface area contributed by atoms with Crippen LogP contribution in [-0.4, -0.2) is 19.6 Å². The normalized spacial score (nSPS) is 10.6. The van der Waals surface area contributed by atoms with Crippen LogP contribution in [0.5, 0.6) is 0 Å². The van der Waals surface area contributed by atoms with Crippen molar-refractivity contribution in [2.75, 3.05) is 5.32 Å². The van der Waals surface area contributed by atoms with Crippen LogP contribution in [0.4, 0.5) is 5.13 Å². The van der Waals surface area contributed by atoms with Crippen LogP contribution in [0.25, 0.3) is 11.3 Å². The van der Waals surface area contributed by atoms with Crippen molar-refractivity contribution in [1.82, 2.24) is 19.6 Å². The first-order valence-electron chi connectivity index (χ1n) is 5.94. The molecule has 0 aliphatic rings. The highest BCUT2D eigenvalue weighted by Crippen LogP contribution is 2.17. The molecule has 0 spiro atoms. The lowest BCUT2D eigenvalue weighted by Crippen LogP contribution is -1.98. The Labute approximate surface area is 114 Å². The molecule has 0 saturated carbocycles. The molecule has 2 heterocycles. The third kappa shape index (κ3) is 2.79. The topological polar surface area (TPSA) is 66.5 Å². The first-order chi connectivity index (χ1) is 9.31. The Morgan fingerprint density at radius 2 is 2.05 bits per heavy atom. The fourth-order valence-corrected chi connectivity index (χ4v) is 2.33. The molecule has 5 nitrogen and oxygen atoms in total. The van der Waals surface area contributed by atoms with Crippen LogP contribution in [-0.2, 0) is 6.54 Å². The first kappa shape index (κ1) is 11.9. The average molecular weight is 271 g/mol. The van der Waals surface area contributed by atoms with E-state index in [0.717, 1.165) is 28.8 Å². The Balaban J connectivity index is 1.66. The summed E-state index contributed by atoms with van der Waals surface area (Å²) in [5.41, 5.74) is 3.36. The van der Waals surface area contributed by atoms with Crippen LogP contribution < -0.4 is 5.32 Å². The number of anilines is 1. The maximum absolute atomic E-state index is 4.27. The standard InChI is InChI=1S/C13H13N5S/c1-9-16-13(19-18-9)14-8-10-2-4-11(5-3-10)12-6-7-15-17-12/h2-7H,8H2,1H3,(H,15,17)(H,14,16,18). The van der Waals surface area contributed by atoms with Gasteiger partial charge in [-0.1, -0.05) is 24.3 Å². The summed E-state index contributed by atoms with van der Waals surface area (Å²) in [6, 6.07) is 10.3. The molecule has 3 rings (SSSR count). The minimum absolute atomic E-state index is 0.748. The lowest BCUT2D eigenvalue weighted by Gasteiger charge is -2.03. The van der Waals surface area contributed by atoms with E-state index in [-0.39, 0.29) is 0 Å². The fraction of sp³-hybridized carbons (Fsp3) is 0.154. The first-order valence-corrected chi connectivity index (χ1v) is 6.71. The molecule has 6 heteroatoms. The van der Waals surface area contributed by atoms with Crippen molar-refractivity contribution in [3.63, 3.8) is 0 Å². The van der Waals surface area contributed by atoms with Gasteiger partial charge in [0, 0.05) is 24.3 Å². The molecule has 0 amide bonds. The van der Waals surface area contributed by atoms with Crippen molar-refractivity contribution in [1.29, 1.82) is 0 Å². The van der Waals surface area contributed by atoms with E-state index in [1.165, 1.54) is 17.1 Å². The van der Waals surface area contributed by atoms with Crippen LogP contribution in [0.15, 0.2) is 36.5 Å². The van der Waals surface area contributed by atoms with Gasteiger partial charge in [-0.2, -0.15) is 9.47 Å². The maximum Gasteiger partial charge on any atom is 0.202 e. The number of nitrogens with zero attached hydrogens (tertiary/aromatic N) is 3. The Bertz CT molecular complexity index is 642. The summed E-state index contributed by atoms with van der Waals surface area (Å²) in [6.45, 7) is 2.64. The van der Waals surface area contributed by atoms with E-state index in [4.69, 9.17) is 0 Å². The molecule has 0 fully saturated rings. The van der Waals surface area contributed by atoms with Gasteiger partial charge in [-0.05, 0) is 24.1 Å². The lowest BCUT2D eigenvalue weighted by atomic mass is 10.1. The Morgan fingerprint density at radius 1 is 1.21 bits per heavy atom. The number of aryl methyl sites for hydroxylation is 1. The number of rotatable bonds is 4. The maximum atomic E-state index is 4.27. The second-order valence-electron chi connectivity index (χ2n) is 4.17. The Hall–Kier alpha value is -2.21. The number of benzene rings is 1. The van der Waals surface area contributed by atoms with Crippen molar-refractivity contribution >= 4 is 16.7 Å². The van der Waals surface area contributed by atoms with E-state index in [0.29, 0.717) is 0 Å². The molecule has 0 unspecified atom stereocenters. The highest BCUT2D eigenvalue weighted by molar-refractivity contribution is 7.09. The predicted molar refractivity (Wildman–Crippen MR) is 76.0 cm³/mol. The van der Waals surface area contributed by atoms with Gasteiger partial charge in [0.1, 0.15) is 5.82 Å². The summed E-state index contributed by atoms with van der Waals surface area (Å²) in [5, 5.41) is 11.0. The molecule has 3 aromatic rings. The number of hydrogen-bond donors (Lipinski definition) is 2. The van der Waals surface area contributed by atoms with Gasteiger partial charge in [-0.25, -0.2) is 4.98 Å². The van der Waals surface area contributed by atoms with Crippen LogP contribution >= 0.6 is 11.5 Å². The van der Waals surface area contributed by atoms with Gasteiger partial charge in [-0.15, -0.1) is 0 Å². The van der Waals surface area contributed by atoms with Gasteiger partial charge in [0.2, 0.25) is 5.13 Å². The molecule has 0 radical (unpaired) electrons. The molecule has 19 heavy (non-hydrogen) atoms. The smallest absolute Gasteiger partial charge is 0.202 e. The second-order valence-corrected chi connectivity index (χ2v) is 4.92. The SMILES string of the molecule is Cc1nsc(NCc2ccc(-c3ccn[nH]3)cc2)n1. The van der Waals surface area contributed by atoms with Gasteiger partial charge < -0.3 is 5.32 Å². The fourth-order valence-electron chi connectivity index (χ4n) is 1.77. The summed E-state index contributed by atoms with van der Waals surface area (Å²) in [5.74, 6) is 0.807. The van der Waals surface area contributed by atoms with Gasteiger partial charge in [0.15, 0.2) is 0 Å². The van der Waals surface area contributed by atoms with E-state index >= 15 is 0 Å². The summed E-state index contributed by atoms with van der Waals surface area (Å²) in [7, 11) is 0. The molecule has 2 aromatic heterocycles. The third-order valence-corrected chi connectivity index (χ3v) is 3.50. The van der Waals surface area contributed by atoms with Crippen LogP contribution in [0, 0.1) is 6.92 Å². The number of aromatic nitrogens is 4. The highest BCUT2D eigenvalue weighted by Gasteiger charge is 2.01. The van der Waals surface area contributed by atoms with Gasteiger partial charge in [-0.3, -0.25) is 5.10 Å². The highest BCUT2D eigenvalue weighted by atomic mass is 32.1. The van der Waals surface area contributed by atoms with Crippen LogP contribution in [0.1, 0.15) is 11.4 Å². The Kier molecular flexibility index (Phi) is 3.24. The largest absolute Gasteiger partial charge is 0.356 e. The number of H-pyrrole nitrogens is 1. The van der Waals surface area contributed by atoms with Crippen LogP contribution in [0.3, 0.4) is 0 Å². The van der Waals surface area contributed by atoms with E-state index in [2.05, 4.69) is 49.1 Å². The van der Waals surface area contributed by atoms with Crippen molar-refractivity contribution in [2.24, 2.45) is 0 Å². The molecule has 1 aromatic carbocycles. The Morgan fingerprint density at radius 3 is 2.68 bits per heavy atom. The molecular weight excluding hydrogens is 258 g/mol. The third-order valence-electron chi connectivity index (χ3n) is 2.74. The minimum atomic E-state index is 0.748. The van der Waals surface area contributed by atoms with Crippen molar-refractivity contribution in [3.05, 3.63) is 47.9 Å². The number of aromatic amines is 1. The quantitative estimate of drug-likeness (QED) is 0.765. The molecule has 0 aliphatic heterocycles. The predicted octanol–water partition coefficient (Wildman–Crippen LogP) is 2.85. The average Bonchev–Trinajstić information content (AvgIpc) is 3.08. The van der Waals surface area contributed by atoms with Crippen LogP contribution in [0.2, 0.25) is 0 Å². The summed E-state index contributed by atoms with van der Waals surface area (Å²) in [4.78, 5) is 4.27. The molecule has 0 aliphatic carbocycles. The summed E-state index contributed by atoms with van der Waals surface area (Å²) in [6.07, 6.45) is 1.75. The van der Waals surface area contributed by atoms with E-state index in [9.17, 15) is 0 Å². The zero-order chi connectivity index (χ0) is 13.1. The lowest BCUT2D eigenvalue weighted by molar-refractivity contribution is 1.09. The monoisotopic (exact) mass is 271 g/mol. The zero-order valence-electron chi connectivity index (χ0n) is 10.4. The number of hydrogen-bond acceptors (Lipinski definition) is 5. The number of nitrogens with one attached hydrogen (secondary N) is 2. The van der Waals surface area contributed by atoms with Gasteiger partial charge in [0.25, 0.3) is 0 Å².